The highest BCUT2D eigenvalue weighted by molar-refractivity contribution is 5.70. The van der Waals surface area contributed by atoms with Gasteiger partial charge in [0.2, 0.25) is 0 Å². The van der Waals surface area contributed by atoms with Gasteiger partial charge in [-0.3, -0.25) is 9.59 Å². The van der Waals surface area contributed by atoms with Gasteiger partial charge in [-0.05, 0) is 77.0 Å². The lowest BCUT2D eigenvalue weighted by Gasteiger charge is -2.34. The lowest BCUT2D eigenvalue weighted by molar-refractivity contribution is -0.889. The Bertz CT molecular complexity index is 1190. The molecule has 0 radical (unpaired) electrons. The van der Waals surface area contributed by atoms with Crippen LogP contribution in [0.2, 0.25) is 0 Å². The highest BCUT2D eigenvalue weighted by Crippen LogP contribution is 2.12. The Hall–Kier alpha value is -3.49. The predicted molar refractivity (Wildman–Crippen MR) is 231 cm³/mol. The lowest BCUT2D eigenvalue weighted by Crippen LogP contribution is -2.55. The Kier molecular flexibility index (Phi) is 36.0. The number of quaternary nitrogens is 1. The van der Waals surface area contributed by atoms with Crippen LogP contribution in [0.1, 0.15) is 149 Å². The SMILES string of the molecule is CC/C=C\C/C=C\C/C=C\C/C=C\CCC(=O)OC(COCCC(C(=O)[O-])[N+](C)(C)C)COC(=O)CCCCCCCC/C=C\C/C=C\C/C=C\CCCCC. The summed E-state index contributed by atoms with van der Waals surface area (Å²) in [7, 11) is 5.36. The highest BCUT2D eigenvalue weighted by Gasteiger charge is 2.25. The Morgan fingerprint density at radius 3 is 1.55 bits per heavy atom. The van der Waals surface area contributed by atoms with Crippen molar-refractivity contribution in [1.82, 2.24) is 0 Å². The zero-order valence-corrected chi connectivity index (χ0v) is 36.0. The van der Waals surface area contributed by atoms with Crippen molar-refractivity contribution in [1.29, 1.82) is 0 Å². The molecule has 2 unspecified atom stereocenters. The van der Waals surface area contributed by atoms with Crippen LogP contribution in [-0.2, 0) is 28.6 Å². The molecule has 0 aromatic heterocycles. The standard InChI is InChI=1S/C48H79NO7/c1-6-8-10-12-14-16-18-20-21-22-23-24-25-27-28-30-32-34-36-38-46(50)55-43-44(42-54-41-40-45(48(52)53)49(3,4)5)56-47(51)39-37-35-33-31-29-26-19-17-15-13-11-9-7-2/h9,11,14-17,20-21,23-24,26,29,33,35,44-45H,6-8,10,12-13,18-19,22,25,27-28,30-32,34,36-43H2,1-5H3/b11-9-,16-14-,17-15-,21-20-,24-23-,29-26-,35-33-. The summed E-state index contributed by atoms with van der Waals surface area (Å²) in [4.78, 5) is 36.8. The van der Waals surface area contributed by atoms with E-state index >= 15 is 0 Å². The molecule has 0 aromatic carbocycles. The fourth-order valence-corrected chi connectivity index (χ4v) is 5.68. The minimum absolute atomic E-state index is 0.00262. The molecule has 0 N–H and O–H groups in total. The molecular formula is C48H79NO7. The summed E-state index contributed by atoms with van der Waals surface area (Å²) < 4.78 is 17.0. The molecule has 0 aromatic rings. The summed E-state index contributed by atoms with van der Waals surface area (Å²) in [6.07, 6.45) is 49.1. The molecule has 8 nitrogen and oxygen atoms in total. The van der Waals surface area contributed by atoms with E-state index in [0.29, 0.717) is 12.8 Å². The van der Waals surface area contributed by atoms with Gasteiger partial charge in [0.15, 0.2) is 6.10 Å². The van der Waals surface area contributed by atoms with E-state index in [2.05, 4.69) is 86.8 Å². The first-order chi connectivity index (χ1) is 27.1. The molecule has 0 saturated carbocycles. The Morgan fingerprint density at radius 2 is 1.04 bits per heavy atom. The number of carbonyl (C=O) groups is 3. The third-order valence-electron chi connectivity index (χ3n) is 9.03. The molecule has 8 heteroatoms. The number of aliphatic carboxylic acids is 1. The van der Waals surface area contributed by atoms with E-state index in [4.69, 9.17) is 14.2 Å². The van der Waals surface area contributed by atoms with Crippen LogP contribution in [0.5, 0.6) is 0 Å². The molecule has 0 heterocycles. The van der Waals surface area contributed by atoms with Crippen LogP contribution in [0.15, 0.2) is 85.1 Å². The zero-order valence-electron chi connectivity index (χ0n) is 36.0. The van der Waals surface area contributed by atoms with Crippen molar-refractivity contribution in [3.8, 4) is 0 Å². The number of rotatable bonds is 37. The number of likely N-dealkylation sites (N-methyl/N-ethyl adjacent to an activating group) is 1. The molecule has 0 amide bonds. The van der Waals surface area contributed by atoms with Gasteiger partial charge in [0.05, 0.1) is 40.3 Å². The summed E-state index contributed by atoms with van der Waals surface area (Å²) in [5.41, 5.74) is 0. The van der Waals surface area contributed by atoms with Gasteiger partial charge in [-0.15, -0.1) is 0 Å². The average Bonchev–Trinajstić information content (AvgIpc) is 3.15. The summed E-state index contributed by atoms with van der Waals surface area (Å²) in [6.45, 7) is 4.40. The maximum Gasteiger partial charge on any atom is 0.306 e. The largest absolute Gasteiger partial charge is 0.544 e. The summed E-state index contributed by atoms with van der Waals surface area (Å²) in [5, 5.41) is 11.6. The number of allylic oxidation sites excluding steroid dienone is 14. The highest BCUT2D eigenvalue weighted by atomic mass is 16.6. The van der Waals surface area contributed by atoms with Crippen molar-refractivity contribution in [2.45, 2.75) is 161 Å². The molecule has 0 bridgehead atoms. The van der Waals surface area contributed by atoms with Crippen molar-refractivity contribution in [2.75, 3.05) is 41.0 Å². The molecule has 318 valence electrons. The van der Waals surface area contributed by atoms with E-state index in [9.17, 15) is 19.5 Å². The molecule has 0 saturated heterocycles. The van der Waals surface area contributed by atoms with Gasteiger partial charge in [0, 0.05) is 19.3 Å². The number of unbranched alkanes of at least 4 members (excludes halogenated alkanes) is 9. The summed E-state index contributed by atoms with van der Waals surface area (Å²) in [5.74, 6) is -1.87. The third-order valence-corrected chi connectivity index (χ3v) is 9.03. The van der Waals surface area contributed by atoms with Crippen LogP contribution < -0.4 is 5.11 Å². The maximum atomic E-state index is 12.6. The van der Waals surface area contributed by atoms with Crippen LogP contribution in [0.4, 0.5) is 0 Å². The van der Waals surface area contributed by atoms with E-state index in [1.54, 1.807) is 21.1 Å². The Balaban J connectivity index is 4.45. The van der Waals surface area contributed by atoms with Gasteiger partial charge in [0.1, 0.15) is 12.6 Å². The van der Waals surface area contributed by atoms with Crippen molar-refractivity contribution in [3.05, 3.63) is 85.1 Å². The quantitative estimate of drug-likeness (QED) is 0.0268. The Labute approximate surface area is 342 Å². The van der Waals surface area contributed by atoms with Gasteiger partial charge in [-0.1, -0.05) is 137 Å². The monoisotopic (exact) mass is 782 g/mol. The van der Waals surface area contributed by atoms with Crippen LogP contribution in [0.25, 0.3) is 0 Å². The van der Waals surface area contributed by atoms with Crippen LogP contribution in [0.3, 0.4) is 0 Å². The number of nitrogens with zero attached hydrogens (tertiary/aromatic N) is 1. The van der Waals surface area contributed by atoms with Crippen molar-refractivity contribution < 1.29 is 38.2 Å². The number of esters is 2. The van der Waals surface area contributed by atoms with Gasteiger partial charge in [-0.2, -0.15) is 0 Å². The second-order valence-corrected chi connectivity index (χ2v) is 15.2. The minimum atomic E-state index is -1.14. The molecule has 0 spiro atoms. The topological polar surface area (TPSA) is 102 Å². The maximum absolute atomic E-state index is 12.6. The van der Waals surface area contributed by atoms with E-state index in [1.165, 1.54) is 38.5 Å². The number of hydrogen-bond donors (Lipinski definition) is 0. The molecule has 0 rings (SSSR count). The first kappa shape index (κ1) is 52.5. The molecule has 0 fully saturated rings. The Morgan fingerprint density at radius 1 is 0.554 bits per heavy atom. The predicted octanol–water partition coefficient (Wildman–Crippen LogP) is 10.4. The summed E-state index contributed by atoms with van der Waals surface area (Å²) >= 11 is 0. The first-order valence-corrected chi connectivity index (χ1v) is 21.6. The molecule has 0 aliphatic rings. The fourth-order valence-electron chi connectivity index (χ4n) is 5.68. The second-order valence-electron chi connectivity index (χ2n) is 15.2. The van der Waals surface area contributed by atoms with Crippen LogP contribution in [0, 0.1) is 0 Å². The van der Waals surface area contributed by atoms with Crippen LogP contribution in [-0.4, -0.2) is 75.5 Å². The lowest BCUT2D eigenvalue weighted by atomic mass is 10.1. The van der Waals surface area contributed by atoms with Crippen molar-refractivity contribution in [3.63, 3.8) is 0 Å². The molecule has 2 atom stereocenters. The molecule has 0 aliphatic carbocycles. The van der Waals surface area contributed by atoms with Crippen LogP contribution >= 0.6 is 0 Å². The normalized spacial score (nSPS) is 13.8. The zero-order chi connectivity index (χ0) is 41.4. The van der Waals surface area contributed by atoms with Gasteiger partial charge < -0.3 is 28.6 Å². The van der Waals surface area contributed by atoms with E-state index in [0.717, 1.165) is 70.6 Å². The smallest absolute Gasteiger partial charge is 0.306 e. The van der Waals surface area contributed by atoms with E-state index < -0.39 is 24.1 Å². The van der Waals surface area contributed by atoms with Gasteiger partial charge in [0.25, 0.3) is 0 Å². The molecular weight excluding hydrogens is 703 g/mol. The van der Waals surface area contributed by atoms with Crippen molar-refractivity contribution in [2.24, 2.45) is 0 Å². The average molecular weight is 782 g/mol. The van der Waals surface area contributed by atoms with Gasteiger partial charge in [-0.25, -0.2) is 0 Å². The first-order valence-electron chi connectivity index (χ1n) is 21.6. The van der Waals surface area contributed by atoms with E-state index in [-0.39, 0.29) is 43.1 Å². The third kappa shape index (κ3) is 36.2. The number of carbonyl (C=O) groups excluding carboxylic acids is 3. The minimum Gasteiger partial charge on any atom is -0.544 e. The number of carboxylic acids is 1. The second kappa shape index (κ2) is 38.4. The number of ether oxygens (including phenoxy) is 3. The van der Waals surface area contributed by atoms with E-state index in [1.807, 2.05) is 12.2 Å². The number of carboxylic acid groups (broad SMARTS) is 1. The van der Waals surface area contributed by atoms with Gasteiger partial charge >= 0.3 is 11.9 Å². The fraction of sp³-hybridized carbons (Fsp3) is 0.646. The molecule has 56 heavy (non-hydrogen) atoms. The summed E-state index contributed by atoms with van der Waals surface area (Å²) in [6, 6.07) is -0.744. The van der Waals surface area contributed by atoms with Crippen molar-refractivity contribution >= 4 is 17.9 Å². The molecule has 0 aliphatic heterocycles. The number of hydrogen-bond acceptors (Lipinski definition) is 7.